The van der Waals surface area contributed by atoms with Gasteiger partial charge in [-0.25, -0.2) is 0 Å². The van der Waals surface area contributed by atoms with Crippen LogP contribution in [-0.2, 0) is 28.6 Å². The van der Waals surface area contributed by atoms with Gasteiger partial charge in [-0.3, -0.25) is 13.8 Å². The summed E-state index contributed by atoms with van der Waals surface area (Å²) in [5, 5.41) is 0. The van der Waals surface area contributed by atoms with Crippen molar-refractivity contribution in [3.8, 4) is 0 Å². The fourth-order valence-corrected chi connectivity index (χ4v) is 3.54. The highest BCUT2D eigenvalue weighted by atomic mass is 32.2. The first-order chi connectivity index (χ1) is 10.8. The third-order valence-corrected chi connectivity index (χ3v) is 5.10. The molecule has 0 bridgehead atoms. The maximum atomic E-state index is 12.3. The molecule has 126 valence electrons. The maximum absolute atomic E-state index is 12.3. The Labute approximate surface area is 135 Å². The van der Waals surface area contributed by atoms with Crippen LogP contribution < -0.4 is 0 Å². The SMILES string of the molecule is CCOC(=O)C1CCC(=O)C(OS(=O)(=O)c2ccc(C)cc2)C1. The number of esters is 1. The molecule has 2 atom stereocenters. The van der Waals surface area contributed by atoms with Gasteiger partial charge in [0.05, 0.1) is 17.4 Å². The van der Waals surface area contributed by atoms with Gasteiger partial charge in [-0.2, -0.15) is 8.42 Å². The van der Waals surface area contributed by atoms with E-state index in [2.05, 4.69) is 0 Å². The number of ketones is 1. The molecular weight excluding hydrogens is 320 g/mol. The molecule has 1 aromatic carbocycles. The summed E-state index contributed by atoms with van der Waals surface area (Å²) >= 11 is 0. The highest BCUT2D eigenvalue weighted by Gasteiger charge is 2.37. The van der Waals surface area contributed by atoms with Crippen LogP contribution in [0.1, 0.15) is 31.7 Å². The second kappa shape index (κ2) is 7.23. The van der Waals surface area contributed by atoms with Crippen LogP contribution in [0.4, 0.5) is 0 Å². The molecule has 1 fully saturated rings. The summed E-state index contributed by atoms with van der Waals surface area (Å²) in [4.78, 5) is 23.7. The topological polar surface area (TPSA) is 86.7 Å². The van der Waals surface area contributed by atoms with E-state index in [9.17, 15) is 18.0 Å². The highest BCUT2D eigenvalue weighted by molar-refractivity contribution is 7.86. The summed E-state index contributed by atoms with van der Waals surface area (Å²) < 4.78 is 34.6. The van der Waals surface area contributed by atoms with Crippen molar-refractivity contribution in [2.75, 3.05) is 6.61 Å². The van der Waals surface area contributed by atoms with Gasteiger partial charge in [0.15, 0.2) is 5.78 Å². The Morgan fingerprint density at radius 2 is 1.91 bits per heavy atom. The van der Waals surface area contributed by atoms with E-state index in [-0.39, 0.29) is 30.1 Å². The number of carbonyl (C=O) groups excluding carboxylic acids is 2. The third kappa shape index (κ3) is 4.39. The molecule has 0 N–H and O–H groups in total. The molecule has 7 heteroatoms. The fourth-order valence-electron chi connectivity index (χ4n) is 2.47. The standard InChI is InChI=1S/C16H20O6S/c1-3-21-16(18)12-6-9-14(17)15(10-12)22-23(19,20)13-7-4-11(2)5-8-13/h4-5,7-8,12,15H,3,6,9-10H2,1-2H3. The van der Waals surface area contributed by atoms with Crippen LogP contribution in [0.3, 0.4) is 0 Å². The molecule has 23 heavy (non-hydrogen) atoms. The fraction of sp³-hybridized carbons (Fsp3) is 0.500. The van der Waals surface area contributed by atoms with Crippen LogP contribution in [0, 0.1) is 12.8 Å². The van der Waals surface area contributed by atoms with Crippen LogP contribution >= 0.6 is 0 Å². The van der Waals surface area contributed by atoms with E-state index in [0.29, 0.717) is 6.42 Å². The molecule has 0 heterocycles. The molecular formula is C16H20O6S. The molecule has 0 amide bonds. The molecule has 1 aromatic rings. The molecule has 1 aliphatic rings. The number of rotatable bonds is 5. The third-order valence-electron chi connectivity index (χ3n) is 3.77. The second-order valence-electron chi connectivity index (χ2n) is 5.54. The van der Waals surface area contributed by atoms with Crippen molar-refractivity contribution in [2.45, 2.75) is 44.1 Å². The maximum Gasteiger partial charge on any atom is 0.309 e. The van der Waals surface area contributed by atoms with E-state index in [0.717, 1.165) is 5.56 Å². The molecule has 0 saturated heterocycles. The van der Waals surface area contributed by atoms with Gasteiger partial charge in [-0.1, -0.05) is 17.7 Å². The lowest BCUT2D eigenvalue weighted by Crippen LogP contribution is -2.37. The van der Waals surface area contributed by atoms with Gasteiger partial charge in [0.2, 0.25) is 0 Å². The molecule has 6 nitrogen and oxygen atoms in total. The Morgan fingerprint density at radius 3 is 2.52 bits per heavy atom. The van der Waals surface area contributed by atoms with Crippen molar-refractivity contribution in [3.63, 3.8) is 0 Å². The van der Waals surface area contributed by atoms with Crippen molar-refractivity contribution in [2.24, 2.45) is 5.92 Å². The van der Waals surface area contributed by atoms with Crippen LogP contribution in [0.5, 0.6) is 0 Å². The van der Waals surface area contributed by atoms with Crippen molar-refractivity contribution >= 4 is 21.9 Å². The molecule has 1 aliphatic carbocycles. The molecule has 1 saturated carbocycles. The minimum atomic E-state index is -4.04. The van der Waals surface area contributed by atoms with E-state index in [1.165, 1.54) is 12.1 Å². The van der Waals surface area contributed by atoms with Gasteiger partial charge in [-0.15, -0.1) is 0 Å². The van der Waals surface area contributed by atoms with Crippen molar-refractivity contribution in [1.82, 2.24) is 0 Å². The molecule has 2 unspecified atom stereocenters. The summed E-state index contributed by atoms with van der Waals surface area (Å²) in [6, 6.07) is 6.17. The Kier molecular flexibility index (Phi) is 5.54. The monoisotopic (exact) mass is 340 g/mol. The summed E-state index contributed by atoms with van der Waals surface area (Å²) in [6.45, 7) is 3.78. The smallest absolute Gasteiger partial charge is 0.309 e. The first-order valence-electron chi connectivity index (χ1n) is 7.52. The molecule has 0 aromatic heterocycles. The van der Waals surface area contributed by atoms with Crippen LogP contribution in [0.2, 0.25) is 0 Å². The summed E-state index contributed by atoms with van der Waals surface area (Å²) in [6.07, 6.45) is -0.632. The summed E-state index contributed by atoms with van der Waals surface area (Å²) in [5.74, 6) is -1.23. The number of hydrogen-bond donors (Lipinski definition) is 0. The largest absolute Gasteiger partial charge is 0.466 e. The minimum Gasteiger partial charge on any atom is -0.466 e. The van der Waals surface area contributed by atoms with E-state index in [1.807, 2.05) is 6.92 Å². The quantitative estimate of drug-likeness (QED) is 0.602. The summed E-state index contributed by atoms with van der Waals surface area (Å²) in [7, 11) is -4.04. The first-order valence-corrected chi connectivity index (χ1v) is 8.93. The van der Waals surface area contributed by atoms with Crippen LogP contribution in [-0.4, -0.2) is 32.9 Å². The van der Waals surface area contributed by atoms with Gasteiger partial charge < -0.3 is 4.74 Å². The molecule has 0 radical (unpaired) electrons. The van der Waals surface area contributed by atoms with Gasteiger partial charge in [-0.05, 0) is 38.8 Å². The zero-order valence-electron chi connectivity index (χ0n) is 13.2. The van der Waals surface area contributed by atoms with Gasteiger partial charge >= 0.3 is 5.97 Å². The van der Waals surface area contributed by atoms with Gasteiger partial charge in [0, 0.05) is 6.42 Å². The minimum absolute atomic E-state index is 0.00541. The normalized spacial score (nSPS) is 21.9. The summed E-state index contributed by atoms with van der Waals surface area (Å²) in [5.41, 5.74) is 0.917. The van der Waals surface area contributed by atoms with Gasteiger partial charge in [0.25, 0.3) is 10.1 Å². The Hall–Kier alpha value is -1.73. The second-order valence-corrected chi connectivity index (χ2v) is 7.11. The number of aryl methyl sites for hydroxylation is 1. The van der Waals surface area contributed by atoms with Crippen molar-refractivity contribution < 1.29 is 26.9 Å². The molecule has 0 spiro atoms. The average Bonchev–Trinajstić information content (AvgIpc) is 2.50. The zero-order valence-corrected chi connectivity index (χ0v) is 14.0. The van der Waals surface area contributed by atoms with Crippen LogP contribution in [0.15, 0.2) is 29.2 Å². The Balaban J connectivity index is 2.11. The predicted molar refractivity (Wildman–Crippen MR) is 82.2 cm³/mol. The number of hydrogen-bond acceptors (Lipinski definition) is 6. The predicted octanol–water partition coefficient (Wildman–Crippen LogP) is 2.00. The molecule has 2 rings (SSSR count). The van der Waals surface area contributed by atoms with Crippen molar-refractivity contribution in [3.05, 3.63) is 29.8 Å². The lowest BCUT2D eigenvalue weighted by atomic mass is 9.86. The Bertz CT molecular complexity index is 677. The number of benzene rings is 1. The number of ether oxygens (including phenoxy) is 1. The lowest BCUT2D eigenvalue weighted by Gasteiger charge is -2.26. The lowest BCUT2D eigenvalue weighted by molar-refractivity contribution is -0.151. The van der Waals surface area contributed by atoms with E-state index < -0.39 is 28.1 Å². The van der Waals surface area contributed by atoms with E-state index in [4.69, 9.17) is 8.92 Å². The van der Waals surface area contributed by atoms with Gasteiger partial charge in [0.1, 0.15) is 6.10 Å². The zero-order chi connectivity index (χ0) is 17.0. The van der Waals surface area contributed by atoms with Crippen molar-refractivity contribution in [1.29, 1.82) is 0 Å². The highest BCUT2D eigenvalue weighted by Crippen LogP contribution is 2.28. The number of Topliss-reactive ketones (excluding diaryl/α,β-unsaturated/α-hetero) is 1. The van der Waals surface area contributed by atoms with E-state index >= 15 is 0 Å². The average molecular weight is 340 g/mol. The number of carbonyl (C=O) groups is 2. The van der Waals surface area contributed by atoms with Crippen LogP contribution in [0.25, 0.3) is 0 Å². The molecule has 0 aliphatic heterocycles. The Morgan fingerprint density at radius 1 is 1.26 bits per heavy atom. The van der Waals surface area contributed by atoms with E-state index in [1.54, 1.807) is 19.1 Å². The first kappa shape index (κ1) is 17.6.